The summed E-state index contributed by atoms with van der Waals surface area (Å²) in [5.74, 6) is 1.04. The highest BCUT2D eigenvalue weighted by atomic mass is 16.3. The van der Waals surface area contributed by atoms with E-state index in [2.05, 4.69) is 12.2 Å². The van der Waals surface area contributed by atoms with Crippen LogP contribution in [0.3, 0.4) is 0 Å². The number of rotatable bonds is 5. The molecule has 0 aromatic carbocycles. The van der Waals surface area contributed by atoms with E-state index in [1.165, 1.54) is 12.8 Å². The van der Waals surface area contributed by atoms with Crippen LogP contribution in [0.4, 0.5) is 0 Å². The molecule has 1 aliphatic carbocycles. The molecule has 1 unspecified atom stereocenters. The lowest BCUT2D eigenvalue weighted by molar-refractivity contribution is 0.0853. The largest absolute Gasteiger partial charge is 0.469 e. The molecule has 1 aliphatic rings. The van der Waals surface area contributed by atoms with Crippen molar-refractivity contribution in [3.05, 3.63) is 24.2 Å². The Bertz CT molecular complexity index is 310. The van der Waals surface area contributed by atoms with Crippen LogP contribution >= 0.6 is 0 Å². The Labute approximate surface area is 103 Å². The first-order valence-corrected chi connectivity index (χ1v) is 6.72. The Morgan fingerprint density at radius 3 is 3.00 bits per heavy atom. The number of nitrogens with one attached hydrogen (secondary N) is 1. The minimum Gasteiger partial charge on any atom is -0.469 e. The Kier molecular flexibility index (Phi) is 4.63. The predicted octanol–water partition coefficient (Wildman–Crippen LogP) is 2.49. The van der Waals surface area contributed by atoms with Crippen LogP contribution in [0.2, 0.25) is 0 Å². The number of aliphatic hydroxyl groups excluding tert-OH is 1. The van der Waals surface area contributed by atoms with Crippen molar-refractivity contribution in [2.24, 2.45) is 0 Å². The first-order valence-electron chi connectivity index (χ1n) is 6.72. The average Bonchev–Trinajstić information content (AvgIpc) is 2.82. The summed E-state index contributed by atoms with van der Waals surface area (Å²) in [4.78, 5) is 0. The van der Waals surface area contributed by atoms with E-state index >= 15 is 0 Å². The van der Waals surface area contributed by atoms with E-state index in [9.17, 15) is 5.11 Å². The number of aryl methyl sites for hydroxylation is 1. The summed E-state index contributed by atoms with van der Waals surface area (Å²) in [5, 5.41) is 13.4. The Morgan fingerprint density at radius 1 is 1.47 bits per heavy atom. The SMILES string of the molecule is CC(CCc1ccco1)N[C@H]1CCCC[C@@H]1O. The lowest BCUT2D eigenvalue weighted by atomic mass is 9.92. The summed E-state index contributed by atoms with van der Waals surface area (Å²) < 4.78 is 5.32. The summed E-state index contributed by atoms with van der Waals surface area (Å²) in [6, 6.07) is 4.66. The van der Waals surface area contributed by atoms with Crippen molar-refractivity contribution in [2.75, 3.05) is 0 Å². The highest BCUT2D eigenvalue weighted by molar-refractivity contribution is 4.98. The van der Waals surface area contributed by atoms with Crippen LogP contribution in [-0.2, 0) is 6.42 Å². The van der Waals surface area contributed by atoms with Gasteiger partial charge >= 0.3 is 0 Å². The number of aliphatic hydroxyl groups is 1. The van der Waals surface area contributed by atoms with Crippen LogP contribution in [0.5, 0.6) is 0 Å². The zero-order valence-electron chi connectivity index (χ0n) is 10.6. The van der Waals surface area contributed by atoms with E-state index in [1.807, 2.05) is 12.1 Å². The van der Waals surface area contributed by atoms with Crippen LogP contribution in [0.25, 0.3) is 0 Å². The summed E-state index contributed by atoms with van der Waals surface area (Å²) >= 11 is 0. The topological polar surface area (TPSA) is 45.4 Å². The molecular formula is C14H23NO2. The number of hydrogen-bond acceptors (Lipinski definition) is 3. The van der Waals surface area contributed by atoms with Gasteiger partial charge in [0, 0.05) is 18.5 Å². The molecule has 1 heterocycles. The molecule has 3 atom stereocenters. The second-order valence-electron chi connectivity index (χ2n) is 5.14. The molecule has 1 aromatic rings. The van der Waals surface area contributed by atoms with Gasteiger partial charge in [-0.2, -0.15) is 0 Å². The van der Waals surface area contributed by atoms with Crippen LogP contribution in [-0.4, -0.2) is 23.3 Å². The fourth-order valence-corrected chi connectivity index (χ4v) is 2.57. The molecule has 96 valence electrons. The van der Waals surface area contributed by atoms with E-state index in [0.29, 0.717) is 6.04 Å². The average molecular weight is 237 g/mol. The van der Waals surface area contributed by atoms with Gasteiger partial charge in [-0.05, 0) is 38.3 Å². The third-order valence-electron chi connectivity index (χ3n) is 3.63. The molecule has 17 heavy (non-hydrogen) atoms. The van der Waals surface area contributed by atoms with Crippen LogP contribution < -0.4 is 5.32 Å². The fourth-order valence-electron chi connectivity index (χ4n) is 2.57. The van der Waals surface area contributed by atoms with Crippen molar-refractivity contribution >= 4 is 0 Å². The molecule has 2 N–H and O–H groups in total. The lowest BCUT2D eigenvalue weighted by Gasteiger charge is -2.31. The number of furan rings is 1. The lowest BCUT2D eigenvalue weighted by Crippen LogP contribution is -2.46. The molecular weight excluding hydrogens is 214 g/mol. The highest BCUT2D eigenvalue weighted by Crippen LogP contribution is 2.19. The summed E-state index contributed by atoms with van der Waals surface area (Å²) in [7, 11) is 0. The van der Waals surface area contributed by atoms with Gasteiger partial charge in [-0.3, -0.25) is 0 Å². The minimum absolute atomic E-state index is 0.158. The molecule has 3 nitrogen and oxygen atoms in total. The van der Waals surface area contributed by atoms with Crippen molar-refractivity contribution in [3.63, 3.8) is 0 Å². The maximum absolute atomic E-state index is 9.89. The second kappa shape index (κ2) is 6.22. The molecule has 0 spiro atoms. The molecule has 0 aliphatic heterocycles. The maximum atomic E-state index is 9.89. The van der Waals surface area contributed by atoms with E-state index in [1.54, 1.807) is 6.26 Å². The quantitative estimate of drug-likeness (QED) is 0.827. The third kappa shape index (κ3) is 3.86. The predicted molar refractivity (Wildman–Crippen MR) is 67.9 cm³/mol. The van der Waals surface area contributed by atoms with Gasteiger partial charge < -0.3 is 14.8 Å². The van der Waals surface area contributed by atoms with Gasteiger partial charge in [0.1, 0.15) is 5.76 Å². The zero-order valence-corrected chi connectivity index (χ0v) is 10.6. The van der Waals surface area contributed by atoms with Crippen molar-refractivity contribution < 1.29 is 9.52 Å². The first-order chi connectivity index (χ1) is 8.25. The standard InChI is InChI=1S/C14H23NO2/c1-11(8-9-12-5-4-10-17-12)15-13-6-2-3-7-14(13)16/h4-5,10-11,13-16H,2-3,6-9H2,1H3/t11?,13-,14-/m0/s1. The maximum Gasteiger partial charge on any atom is 0.103 e. The summed E-state index contributed by atoms with van der Waals surface area (Å²) in [6.07, 6.45) is 8.03. The van der Waals surface area contributed by atoms with Gasteiger partial charge in [0.15, 0.2) is 0 Å². The van der Waals surface area contributed by atoms with E-state index in [4.69, 9.17) is 4.42 Å². The van der Waals surface area contributed by atoms with Crippen LogP contribution in [0.1, 0.15) is 44.8 Å². The van der Waals surface area contributed by atoms with Crippen molar-refractivity contribution in [3.8, 4) is 0 Å². The van der Waals surface area contributed by atoms with Crippen LogP contribution in [0.15, 0.2) is 22.8 Å². The summed E-state index contributed by atoms with van der Waals surface area (Å²) in [5.41, 5.74) is 0. The van der Waals surface area contributed by atoms with Crippen LogP contribution in [0, 0.1) is 0 Å². The smallest absolute Gasteiger partial charge is 0.103 e. The van der Waals surface area contributed by atoms with Gasteiger partial charge in [0.25, 0.3) is 0 Å². The third-order valence-corrected chi connectivity index (χ3v) is 3.63. The monoisotopic (exact) mass is 237 g/mol. The molecule has 1 saturated carbocycles. The van der Waals surface area contributed by atoms with Gasteiger partial charge in [-0.15, -0.1) is 0 Å². The van der Waals surface area contributed by atoms with Gasteiger partial charge in [0.2, 0.25) is 0 Å². The molecule has 0 saturated heterocycles. The summed E-state index contributed by atoms with van der Waals surface area (Å²) in [6.45, 7) is 2.18. The van der Waals surface area contributed by atoms with Crippen molar-refractivity contribution in [2.45, 2.75) is 63.6 Å². The minimum atomic E-state index is -0.158. The van der Waals surface area contributed by atoms with E-state index < -0.39 is 0 Å². The zero-order chi connectivity index (χ0) is 12.1. The first kappa shape index (κ1) is 12.7. The second-order valence-corrected chi connectivity index (χ2v) is 5.14. The normalized spacial score (nSPS) is 26.9. The van der Waals surface area contributed by atoms with Gasteiger partial charge in [-0.1, -0.05) is 12.8 Å². The Hall–Kier alpha value is -0.800. The van der Waals surface area contributed by atoms with Crippen molar-refractivity contribution in [1.29, 1.82) is 0 Å². The number of hydrogen-bond donors (Lipinski definition) is 2. The Balaban J connectivity index is 1.71. The molecule has 0 amide bonds. The van der Waals surface area contributed by atoms with Crippen molar-refractivity contribution in [1.82, 2.24) is 5.32 Å². The molecule has 0 bridgehead atoms. The molecule has 0 radical (unpaired) electrons. The van der Waals surface area contributed by atoms with E-state index in [0.717, 1.165) is 31.4 Å². The van der Waals surface area contributed by atoms with Gasteiger partial charge in [0.05, 0.1) is 12.4 Å². The molecule has 3 heteroatoms. The van der Waals surface area contributed by atoms with E-state index in [-0.39, 0.29) is 12.1 Å². The highest BCUT2D eigenvalue weighted by Gasteiger charge is 2.23. The molecule has 2 rings (SSSR count). The fraction of sp³-hybridized carbons (Fsp3) is 0.714. The molecule has 1 aromatic heterocycles. The van der Waals surface area contributed by atoms with Gasteiger partial charge in [-0.25, -0.2) is 0 Å². The molecule has 1 fully saturated rings. The Morgan fingerprint density at radius 2 is 2.29 bits per heavy atom.